The lowest BCUT2D eigenvalue weighted by atomic mass is 10.1. The highest BCUT2D eigenvalue weighted by Crippen LogP contribution is 2.17. The van der Waals surface area contributed by atoms with Gasteiger partial charge in [0.15, 0.2) is 0 Å². The first-order valence-corrected chi connectivity index (χ1v) is 8.78. The molecule has 6 nitrogen and oxygen atoms in total. The van der Waals surface area contributed by atoms with Crippen molar-refractivity contribution in [3.63, 3.8) is 0 Å². The number of carbonyl (C=O) groups excluding carboxylic acids is 2. The predicted molar refractivity (Wildman–Crippen MR) is 94.0 cm³/mol. The highest BCUT2D eigenvalue weighted by Gasteiger charge is 2.22. The summed E-state index contributed by atoms with van der Waals surface area (Å²) in [6.07, 6.45) is 3.53. The maximum absolute atomic E-state index is 12.3. The lowest BCUT2D eigenvalue weighted by Gasteiger charge is -2.37. The molecule has 2 fully saturated rings. The van der Waals surface area contributed by atoms with Crippen molar-refractivity contribution >= 4 is 17.5 Å². The van der Waals surface area contributed by atoms with Crippen molar-refractivity contribution in [2.24, 2.45) is 5.73 Å². The molecule has 2 aliphatic rings. The third kappa shape index (κ3) is 4.06. The number of hydrogen-bond donors (Lipinski definition) is 1. The van der Waals surface area contributed by atoms with E-state index in [0.717, 1.165) is 57.8 Å². The molecule has 0 spiro atoms. The molecular formula is C18H26N4O2. The minimum atomic E-state index is -0.400. The number of amides is 2. The van der Waals surface area contributed by atoms with Gasteiger partial charge in [0.2, 0.25) is 11.8 Å². The molecule has 2 amide bonds. The van der Waals surface area contributed by atoms with Crippen molar-refractivity contribution in [2.45, 2.75) is 19.3 Å². The maximum atomic E-state index is 12.3. The van der Waals surface area contributed by atoms with Crippen LogP contribution in [0.4, 0.5) is 5.69 Å². The number of anilines is 1. The van der Waals surface area contributed by atoms with Gasteiger partial charge >= 0.3 is 0 Å². The lowest BCUT2D eigenvalue weighted by Crippen LogP contribution is -2.50. The Morgan fingerprint density at radius 2 is 1.50 bits per heavy atom. The Hall–Kier alpha value is -2.08. The zero-order chi connectivity index (χ0) is 16.9. The SMILES string of the molecule is NC(=O)c1ccc(N2CCN(CC(=O)N3CCCCC3)CC2)cc1. The lowest BCUT2D eigenvalue weighted by molar-refractivity contribution is -0.133. The molecule has 130 valence electrons. The molecular weight excluding hydrogens is 304 g/mol. The van der Waals surface area contributed by atoms with Gasteiger partial charge in [-0.2, -0.15) is 0 Å². The van der Waals surface area contributed by atoms with E-state index >= 15 is 0 Å². The number of likely N-dealkylation sites (tertiary alicyclic amines) is 1. The fourth-order valence-corrected chi connectivity index (χ4v) is 3.44. The smallest absolute Gasteiger partial charge is 0.248 e. The van der Waals surface area contributed by atoms with E-state index in [-0.39, 0.29) is 5.91 Å². The molecule has 6 heteroatoms. The van der Waals surface area contributed by atoms with Gasteiger partial charge in [0.05, 0.1) is 6.54 Å². The maximum Gasteiger partial charge on any atom is 0.248 e. The Labute approximate surface area is 143 Å². The van der Waals surface area contributed by atoms with E-state index < -0.39 is 5.91 Å². The highest BCUT2D eigenvalue weighted by atomic mass is 16.2. The van der Waals surface area contributed by atoms with Crippen LogP contribution >= 0.6 is 0 Å². The monoisotopic (exact) mass is 330 g/mol. The largest absolute Gasteiger partial charge is 0.369 e. The number of benzene rings is 1. The Balaban J connectivity index is 1.48. The number of nitrogens with zero attached hydrogens (tertiary/aromatic N) is 3. The molecule has 24 heavy (non-hydrogen) atoms. The second-order valence-corrected chi connectivity index (χ2v) is 6.62. The van der Waals surface area contributed by atoms with E-state index in [1.807, 2.05) is 17.0 Å². The van der Waals surface area contributed by atoms with Crippen LogP contribution in [0.15, 0.2) is 24.3 Å². The summed E-state index contributed by atoms with van der Waals surface area (Å²) < 4.78 is 0. The van der Waals surface area contributed by atoms with Crippen LogP contribution in [-0.4, -0.2) is 67.4 Å². The molecule has 1 aromatic carbocycles. The molecule has 1 aromatic rings. The average molecular weight is 330 g/mol. The fourth-order valence-electron chi connectivity index (χ4n) is 3.44. The summed E-state index contributed by atoms with van der Waals surface area (Å²) >= 11 is 0. The number of primary amides is 1. The van der Waals surface area contributed by atoms with Crippen molar-refractivity contribution in [1.29, 1.82) is 0 Å². The summed E-state index contributed by atoms with van der Waals surface area (Å²) in [6.45, 7) is 5.94. The van der Waals surface area contributed by atoms with Gasteiger partial charge in [-0.1, -0.05) is 0 Å². The standard InChI is InChI=1S/C18H26N4O2/c19-18(24)15-4-6-16(7-5-15)21-12-10-20(11-13-21)14-17(23)22-8-2-1-3-9-22/h4-7H,1-3,8-14H2,(H2,19,24). The summed E-state index contributed by atoms with van der Waals surface area (Å²) in [4.78, 5) is 30.0. The van der Waals surface area contributed by atoms with Gasteiger partial charge < -0.3 is 15.5 Å². The molecule has 0 radical (unpaired) electrons. The minimum absolute atomic E-state index is 0.272. The Morgan fingerprint density at radius 1 is 0.875 bits per heavy atom. The number of rotatable bonds is 4. The van der Waals surface area contributed by atoms with E-state index in [2.05, 4.69) is 9.80 Å². The van der Waals surface area contributed by atoms with E-state index in [0.29, 0.717) is 12.1 Å². The van der Waals surface area contributed by atoms with Crippen LogP contribution in [0.3, 0.4) is 0 Å². The van der Waals surface area contributed by atoms with Crippen molar-refractivity contribution in [1.82, 2.24) is 9.80 Å². The molecule has 0 saturated carbocycles. The summed E-state index contributed by atoms with van der Waals surface area (Å²) in [7, 11) is 0. The predicted octanol–water partition coefficient (Wildman–Crippen LogP) is 0.920. The molecule has 2 heterocycles. The summed E-state index contributed by atoms with van der Waals surface area (Å²) in [5.74, 6) is -0.128. The molecule has 0 aromatic heterocycles. The molecule has 0 atom stereocenters. The topological polar surface area (TPSA) is 69.9 Å². The molecule has 0 bridgehead atoms. The molecule has 2 aliphatic heterocycles. The van der Waals surface area contributed by atoms with Crippen LogP contribution in [0.1, 0.15) is 29.6 Å². The van der Waals surface area contributed by atoms with Gasteiger partial charge in [0.1, 0.15) is 0 Å². The number of piperazine rings is 1. The Kier molecular flexibility index (Phi) is 5.35. The Morgan fingerprint density at radius 3 is 2.08 bits per heavy atom. The van der Waals surface area contributed by atoms with Crippen molar-refractivity contribution in [3.05, 3.63) is 29.8 Å². The zero-order valence-corrected chi connectivity index (χ0v) is 14.1. The number of piperidine rings is 1. The first-order chi connectivity index (χ1) is 11.6. The second-order valence-electron chi connectivity index (χ2n) is 6.62. The van der Waals surface area contributed by atoms with Crippen LogP contribution in [0.2, 0.25) is 0 Å². The minimum Gasteiger partial charge on any atom is -0.369 e. The van der Waals surface area contributed by atoms with Crippen molar-refractivity contribution < 1.29 is 9.59 Å². The number of carbonyl (C=O) groups is 2. The molecule has 3 rings (SSSR count). The van der Waals surface area contributed by atoms with Crippen LogP contribution in [0.5, 0.6) is 0 Å². The van der Waals surface area contributed by atoms with Crippen molar-refractivity contribution in [2.75, 3.05) is 50.7 Å². The third-order valence-corrected chi connectivity index (χ3v) is 4.96. The first kappa shape index (κ1) is 16.8. The third-order valence-electron chi connectivity index (χ3n) is 4.96. The van der Waals surface area contributed by atoms with Gasteiger partial charge in [0, 0.05) is 50.5 Å². The zero-order valence-electron chi connectivity index (χ0n) is 14.1. The van der Waals surface area contributed by atoms with Crippen molar-refractivity contribution in [3.8, 4) is 0 Å². The normalized spacial score (nSPS) is 19.3. The number of nitrogens with two attached hydrogens (primary N) is 1. The van der Waals surface area contributed by atoms with E-state index in [4.69, 9.17) is 5.73 Å². The first-order valence-electron chi connectivity index (χ1n) is 8.78. The summed E-state index contributed by atoms with van der Waals surface area (Å²) in [5.41, 5.74) is 6.90. The van der Waals surface area contributed by atoms with Gasteiger partial charge in [-0.15, -0.1) is 0 Å². The molecule has 0 unspecified atom stereocenters. The fraction of sp³-hybridized carbons (Fsp3) is 0.556. The highest BCUT2D eigenvalue weighted by molar-refractivity contribution is 5.93. The van der Waals surface area contributed by atoms with Crippen LogP contribution in [0.25, 0.3) is 0 Å². The molecule has 2 saturated heterocycles. The van der Waals surface area contributed by atoms with E-state index in [9.17, 15) is 9.59 Å². The number of hydrogen-bond acceptors (Lipinski definition) is 4. The summed E-state index contributed by atoms with van der Waals surface area (Å²) in [5, 5.41) is 0. The van der Waals surface area contributed by atoms with Gasteiger partial charge in [-0.3, -0.25) is 14.5 Å². The molecule has 0 aliphatic carbocycles. The van der Waals surface area contributed by atoms with Gasteiger partial charge in [-0.05, 0) is 43.5 Å². The Bertz CT molecular complexity index is 573. The quantitative estimate of drug-likeness (QED) is 0.891. The average Bonchev–Trinajstić information content (AvgIpc) is 2.63. The van der Waals surface area contributed by atoms with Gasteiger partial charge in [-0.25, -0.2) is 0 Å². The van der Waals surface area contributed by atoms with E-state index in [1.54, 1.807) is 12.1 Å². The second kappa shape index (κ2) is 7.66. The van der Waals surface area contributed by atoms with E-state index in [1.165, 1.54) is 6.42 Å². The molecule has 2 N–H and O–H groups in total. The summed E-state index contributed by atoms with van der Waals surface area (Å²) in [6, 6.07) is 7.41. The van der Waals surface area contributed by atoms with Gasteiger partial charge in [0.25, 0.3) is 0 Å². The van der Waals surface area contributed by atoms with Crippen LogP contribution in [0, 0.1) is 0 Å². The van der Waals surface area contributed by atoms with Crippen LogP contribution in [-0.2, 0) is 4.79 Å². The van der Waals surface area contributed by atoms with Crippen LogP contribution < -0.4 is 10.6 Å².